The van der Waals surface area contributed by atoms with Crippen molar-refractivity contribution in [3.8, 4) is 0 Å². The van der Waals surface area contributed by atoms with Crippen molar-refractivity contribution >= 4 is 11.6 Å². The molecule has 20 heavy (non-hydrogen) atoms. The van der Waals surface area contributed by atoms with E-state index >= 15 is 0 Å². The van der Waals surface area contributed by atoms with Crippen molar-refractivity contribution in [2.45, 2.75) is 46.1 Å². The number of benzene rings is 1. The zero-order valence-electron chi connectivity index (χ0n) is 12.9. The van der Waals surface area contributed by atoms with Gasteiger partial charge in [-0.05, 0) is 31.0 Å². The molecule has 3 heteroatoms. The zero-order chi connectivity index (χ0) is 14.5. The maximum Gasteiger partial charge on any atom is 0.229 e. The molecule has 2 atom stereocenters. The van der Waals surface area contributed by atoms with Crippen LogP contribution in [-0.4, -0.2) is 19.0 Å². The van der Waals surface area contributed by atoms with Crippen LogP contribution in [0, 0.1) is 5.92 Å². The Kier molecular flexibility index (Phi) is 5.18. The molecular weight excluding hydrogens is 248 g/mol. The number of fused-ring (bicyclic) bond motifs is 1. The number of amides is 1. The number of hydrogen-bond donors (Lipinski definition) is 1. The van der Waals surface area contributed by atoms with Gasteiger partial charge in [0.2, 0.25) is 5.91 Å². The highest BCUT2D eigenvalue weighted by Crippen LogP contribution is 2.34. The second-order valence-electron chi connectivity index (χ2n) is 5.64. The van der Waals surface area contributed by atoms with E-state index in [1.54, 1.807) is 0 Å². The second-order valence-corrected chi connectivity index (χ2v) is 5.64. The van der Waals surface area contributed by atoms with E-state index in [2.05, 4.69) is 37.4 Å². The summed E-state index contributed by atoms with van der Waals surface area (Å²) in [6, 6.07) is 8.69. The fraction of sp³-hybridized carbons (Fsp3) is 0.588. The summed E-state index contributed by atoms with van der Waals surface area (Å²) in [6.45, 7) is 8.09. The molecule has 1 aromatic carbocycles. The Balaban J connectivity index is 2.24. The minimum absolute atomic E-state index is 0.115. The first-order valence-electron chi connectivity index (χ1n) is 7.82. The van der Waals surface area contributed by atoms with Crippen LogP contribution >= 0.6 is 0 Å². The van der Waals surface area contributed by atoms with Crippen LogP contribution in [0.1, 0.15) is 51.6 Å². The van der Waals surface area contributed by atoms with Gasteiger partial charge >= 0.3 is 0 Å². The lowest BCUT2D eigenvalue weighted by Crippen LogP contribution is -2.42. The predicted octanol–water partition coefficient (Wildman–Crippen LogP) is 3.51. The molecule has 0 radical (unpaired) electrons. The summed E-state index contributed by atoms with van der Waals surface area (Å²) in [5.41, 5.74) is 2.36. The van der Waals surface area contributed by atoms with Crippen LogP contribution in [0.15, 0.2) is 24.3 Å². The first kappa shape index (κ1) is 15.0. The van der Waals surface area contributed by atoms with Crippen molar-refractivity contribution in [3.63, 3.8) is 0 Å². The highest BCUT2D eigenvalue weighted by molar-refractivity contribution is 5.96. The monoisotopic (exact) mass is 274 g/mol. The number of hydrogen-bond acceptors (Lipinski definition) is 2. The molecule has 0 spiro atoms. The van der Waals surface area contributed by atoms with Crippen LogP contribution in [-0.2, 0) is 4.79 Å². The summed E-state index contributed by atoms with van der Waals surface area (Å²) in [5, 5.41) is 3.52. The molecule has 0 saturated carbocycles. The Hall–Kier alpha value is -1.35. The van der Waals surface area contributed by atoms with Crippen molar-refractivity contribution in [3.05, 3.63) is 29.8 Å². The molecule has 3 nitrogen and oxygen atoms in total. The highest BCUT2D eigenvalue weighted by Gasteiger charge is 2.29. The van der Waals surface area contributed by atoms with Crippen molar-refractivity contribution in [2.24, 2.45) is 5.92 Å². The standard InChI is InChI=1S/C17H26N2O/c1-4-8-13(3)17(20)19-12-11-15(18-5-2)14-9-6-7-10-16(14)19/h6-7,9-10,13,15,18H,4-5,8,11-12H2,1-3H3. The molecule has 0 aliphatic carbocycles. The van der Waals surface area contributed by atoms with E-state index in [-0.39, 0.29) is 11.8 Å². The maximum absolute atomic E-state index is 12.6. The third-order valence-electron chi connectivity index (χ3n) is 4.10. The van der Waals surface area contributed by atoms with Gasteiger partial charge in [0.05, 0.1) is 0 Å². The Morgan fingerprint density at radius 3 is 2.85 bits per heavy atom. The van der Waals surface area contributed by atoms with Gasteiger partial charge in [0.25, 0.3) is 0 Å². The van der Waals surface area contributed by atoms with Gasteiger partial charge in [-0.1, -0.05) is 45.4 Å². The van der Waals surface area contributed by atoms with Crippen molar-refractivity contribution in [1.29, 1.82) is 0 Å². The SMILES string of the molecule is CCCC(C)C(=O)N1CCC(NCC)c2ccccc21. The number of para-hydroxylation sites is 1. The normalized spacial score (nSPS) is 19.6. The van der Waals surface area contributed by atoms with Crippen molar-refractivity contribution < 1.29 is 4.79 Å². The Labute approximate surface area is 122 Å². The van der Waals surface area contributed by atoms with Gasteiger partial charge in [0.1, 0.15) is 0 Å². The van der Waals surface area contributed by atoms with Crippen LogP contribution in [0.5, 0.6) is 0 Å². The van der Waals surface area contributed by atoms with E-state index in [0.29, 0.717) is 6.04 Å². The summed E-state index contributed by atoms with van der Waals surface area (Å²) in [4.78, 5) is 14.6. The van der Waals surface area contributed by atoms with E-state index < -0.39 is 0 Å². The quantitative estimate of drug-likeness (QED) is 0.891. The molecule has 1 N–H and O–H groups in total. The second kappa shape index (κ2) is 6.89. The largest absolute Gasteiger partial charge is 0.312 e. The average Bonchev–Trinajstić information content (AvgIpc) is 2.47. The molecule has 1 heterocycles. The van der Waals surface area contributed by atoms with Crippen LogP contribution < -0.4 is 10.2 Å². The molecule has 0 aromatic heterocycles. The van der Waals surface area contributed by atoms with Crippen LogP contribution in [0.4, 0.5) is 5.69 Å². The van der Waals surface area contributed by atoms with Crippen LogP contribution in [0.3, 0.4) is 0 Å². The molecule has 1 aliphatic rings. The molecule has 2 unspecified atom stereocenters. The maximum atomic E-state index is 12.6. The molecular formula is C17H26N2O. The summed E-state index contributed by atoms with van der Waals surface area (Å²) in [5.74, 6) is 0.387. The number of anilines is 1. The Bertz CT molecular complexity index is 458. The molecule has 0 bridgehead atoms. The summed E-state index contributed by atoms with van der Waals surface area (Å²) in [6.07, 6.45) is 3.02. The van der Waals surface area contributed by atoms with Gasteiger partial charge in [0.15, 0.2) is 0 Å². The van der Waals surface area contributed by atoms with Gasteiger partial charge in [-0.25, -0.2) is 0 Å². The first-order valence-corrected chi connectivity index (χ1v) is 7.82. The topological polar surface area (TPSA) is 32.3 Å². The van der Waals surface area contributed by atoms with Gasteiger partial charge in [-0.15, -0.1) is 0 Å². The molecule has 0 saturated heterocycles. The molecule has 1 aliphatic heterocycles. The molecule has 0 fully saturated rings. The number of carbonyl (C=O) groups is 1. The fourth-order valence-electron chi connectivity index (χ4n) is 3.07. The third-order valence-corrected chi connectivity index (χ3v) is 4.10. The number of nitrogens with zero attached hydrogens (tertiary/aromatic N) is 1. The van der Waals surface area contributed by atoms with Crippen LogP contribution in [0.25, 0.3) is 0 Å². The predicted molar refractivity (Wildman–Crippen MR) is 83.9 cm³/mol. The third kappa shape index (κ3) is 3.04. The van der Waals surface area contributed by atoms with Gasteiger partial charge in [-0.3, -0.25) is 4.79 Å². The number of nitrogens with one attached hydrogen (secondary N) is 1. The average molecular weight is 274 g/mol. The summed E-state index contributed by atoms with van der Waals surface area (Å²) < 4.78 is 0. The Morgan fingerprint density at radius 2 is 2.15 bits per heavy atom. The smallest absolute Gasteiger partial charge is 0.229 e. The van der Waals surface area contributed by atoms with E-state index in [1.165, 1.54) is 5.56 Å². The fourth-order valence-corrected chi connectivity index (χ4v) is 3.07. The van der Waals surface area contributed by atoms with E-state index in [9.17, 15) is 4.79 Å². The molecule has 110 valence electrons. The van der Waals surface area contributed by atoms with Gasteiger partial charge < -0.3 is 10.2 Å². The number of carbonyl (C=O) groups excluding carboxylic acids is 1. The lowest BCUT2D eigenvalue weighted by atomic mass is 9.94. The molecule has 1 amide bonds. The molecule has 1 aromatic rings. The van der Waals surface area contributed by atoms with Crippen LogP contribution in [0.2, 0.25) is 0 Å². The summed E-state index contributed by atoms with van der Waals surface area (Å²) in [7, 11) is 0. The van der Waals surface area contributed by atoms with Gasteiger partial charge in [-0.2, -0.15) is 0 Å². The minimum Gasteiger partial charge on any atom is -0.312 e. The van der Waals surface area contributed by atoms with E-state index in [0.717, 1.165) is 38.0 Å². The Morgan fingerprint density at radius 1 is 1.40 bits per heavy atom. The first-order chi connectivity index (χ1) is 9.69. The van der Waals surface area contributed by atoms with Crippen molar-refractivity contribution in [1.82, 2.24) is 5.32 Å². The van der Waals surface area contributed by atoms with Gasteiger partial charge in [0, 0.05) is 24.2 Å². The molecule has 2 rings (SSSR count). The summed E-state index contributed by atoms with van der Waals surface area (Å²) >= 11 is 0. The number of rotatable bonds is 5. The van der Waals surface area contributed by atoms with E-state index in [1.807, 2.05) is 17.9 Å². The lowest BCUT2D eigenvalue weighted by Gasteiger charge is -2.36. The highest BCUT2D eigenvalue weighted by atomic mass is 16.2. The minimum atomic E-state index is 0.115. The zero-order valence-corrected chi connectivity index (χ0v) is 12.9. The van der Waals surface area contributed by atoms with E-state index in [4.69, 9.17) is 0 Å². The van der Waals surface area contributed by atoms with Crippen molar-refractivity contribution in [2.75, 3.05) is 18.0 Å². The lowest BCUT2D eigenvalue weighted by molar-refractivity contribution is -0.122.